The van der Waals surface area contributed by atoms with Gasteiger partial charge >= 0.3 is 0 Å². The lowest BCUT2D eigenvalue weighted by Crippen LogP contribution is -2.24. The van der Waals surface area contributed by atoms with Crippen molar-refractivity contribution in [2.75, 3.05) is 11.9 Å². The van der Waals surface area contributed by atoms with Gasteiger partial charge in [-0.15, -0.1) is 0 Å². The largest absolute Gasteiger partial charge is 0.312 e. The maximum Gasteiger partial charge on any atom is 0.256 e. The van der Waals surface area contributed by atoms with Gasteiger partial charge in [0.25, 0.3) is 5.91 Å². The second kappa shape index (κ2) is 4.58. The van der Waals surface area contributed by atoms with Gasteiger partial charge in [0.2, 0.25) is 0 Å². The fraction of sp³-hybridized carbons (Fsp3) is 0.250. The molecule has 3 heterocycles. The number of carbonyl (C=O) groups is 1. The highest BCUT2D eigenvalue weighted by Crippen LogP contribution is 2.20. The second-order valence-corrected chi connectivity index (χ2v) is 4.15. The Morgan fingerprint density at radius 2 is 2.17 bits per heavy atom. The highest BCUT2D eigenvalue weighted by Gasteiger charge is 2.18. The molecule has 2 aromatic heterocycles. The molecule has 0 saturated heterocycles. The molecule has 0 atom stereocenters. The smallest absolute Gasteiger partial charge is 0.256 e. The van der Waals surface area contributed by atoms with Gasteiger partial charge < -0.3 is 10.6 Å². The number of rotatable bonds is 2. The number of carbonyl (C=O) groups excluding carboxylic acids is 1. The number of hydrogen-bond acceptors (Lipinski definition) is 4. The van der Waals surface area contributed by atoms with Crippen LogP contribution in [0.5, 0.6) is 0 Å². The molecule has 0 aliphatic carbocycles. The van der Waals surface area contributed by atoms with Crippen molar-refractivity contribution >= 4 is 11.7 Å². The number of anilines is 1. The standard InChI is InChI=1S/C12H13N5O/c18-12(8-1-4-13-5-2-8)15-11-9-7-14-6-3-10(9)16-17-11/h1-2,4-5,14H,3,6-7H2,(H2,15,16,17,18). The first-order chi connectivity index (χ1) is 8.84. The fourth-order valence-electron chi connectivity index (χ4n) is 2.01. The number of nitrogens with one attached hydrogen (secondary N) is 3. The average molecular weight is 243 g/mol. The lowest BCUT2D eigenvalue weighted by Gasteiger charge is -2.13. The van der Waals surface area contributed by atoms with Crippen LogP contribution in [0.25, 0.3) is 0 Å². The summed E-state index contributed by atoms with van der Waals surface area (Å²) in [5, 5.41) is 13.2. The molecule has 1 aliphatic rings. The number of aromatic nitrogens is 3. The summed E-state index contributed by atoms with van der Waals surface area (Å²) in [6, 6.07) is 3.35. The Balaban J connectivity index is 1.81. The van der Waals surface area contributed by atoms with E-state index in [9.17, 15) is 4.79 Å². The van der Waals surface area contributed by atoms with Gasteiger partial charge in [-0.3, -0.25) is 14.9 Å². The van der Waals surface area contributed by atoms with E-state index in [0.29, 0.717) is 11.4 Å². The Labute approximate surface area is 104 Å². The summed E-state index contributed by atoms with van der Waals surface area (Å²) in [5.41, 5.74) is 2.72. The number of pyridine rings is 1. The highest BCUT2D eigenvalue weighted by molar-refractivity contribution is 6.04. The Morgan fingerprint density at radius 1 is 1.33 bits per heavy atom. The van der Waals surface area contributed by atoms with E-state index in [2.05, 4.69) is 25.8 Å². The van der Waals surface area contributed by atoms with E-state index < -0.39 is 0 Å². The Morgan fingerprint density at radius 3 is 3.00 bits per heavy atom. The van der Waals surface area contributed by atoms with Crippen LogP contribution in [0.4, 0.5) is 5.82 Å². The van der Waals surface area contributed by atoms with Gasteiger partial charge in [0.05, 0.1) is 0 Å². The quantitative estimate of drug-likeness (QED) is 0.725. The number of amides is 1. The van der Waals surface area contributed by atoms with Gasteiger partial charge in [0.15, 0.2) is 5.82 Å². The van der Waals surface area contributed by atoms with E-state index in [1.54, 1.807) is 24.5 Å². The summed E-state index contributed by atoms with van der Waals surface area (Å²) in [4.78, 5) is 15.9. The third-order valence-electron chi connectivity index (χ3n) is 2.98. The van der Waals surface area contributed by atoms with E-state index in [1.807, 2.05) is 0 Å². The van der Waals surface area contributed by atoms with Crippen molar-refractivity contribution in [2.24, 2.45) is 0 Å². The van der Waals surface area contributed by atoms with Gasteiger partial charge in [-0.25, -0.2) is 0 Å². The average Bonchev–Trinajstić information content (AvgIpc) is 2.83. The molecule has 2 aromatic rings. The molecular formula is C12H13N5O. The minimum absolute atomic E-state index is 0.169. The SMILES string of the molecule is O=C(Nc1n[nH]c2c1CNCC2)c1ccncc1. The molecule has 0 aromatic carbocycles. The lowest BCUT2D eigenvalue weighted by atomic mass is 10.1. The molecule has 0 bridgehead atoms. The third kappa shape index (κ3) is 1.98. The number of fused-ring (bicyclic) bond motifs is 1. The number of aromatic amines is 1. The van der Waals surface area contributed by atoms with Gasteiger partial charge in [0.1, 0.15) is 0 Å². The number of H-pyrrole nitrogens is 1. The zero-order valence-corrected chi connectivity index (χ0v) is 9.73. The minimum Gasteiger partial charge on any atom is -0.312 e. The first-order valence-corrected chi connectivity index (χ1v) is 5.83. The van der Waals surface area contributed by atoms with Gasteiger partial charge in [-0.1, -0.05) is 0 Å². The summed E-state index contributed by atoms with van der Waals surface area (Å²) in [6.07, 6.45) is 4.10. The van der Waals surface area contributed by atoms with Crippen LogP contribution in [0.15, 0.2) is 24.5 Å². The molecule has 0 saturated carbocycles. The zero-order chi connectivity index (χ0) is 12.4. The predicted octanol–water partition coefficient (Wildman–Crippen LogP) is 0.703. The summed E-state index contributed by atoms with van der Waals surface area (Å²) >= 11 is 0. The monoisotopic (exact) mass is 243 g/mol. The van der Waals surface area contributed by atoms with Crippen molar-refractivity contribution in [3.05, 3.63) is 41.3 Å². The highest BCUT2D eigenvalue weighted by atomic mass is 16.1. The number of nitrogens with zero attached hydrogens (tertiary/aromatic N) is 2. The molecule has 3 rings (SSSR count). The summed E-state index contributed by atoms with van der Waals surface area (Å²) in [5.74, 6) is 0.441. The molecule has 92 valence electrons. The molecule has 0 fully saturated rings. The van der Waals surface area contributed by atoms with Crippen LogP contribution in [0.1, 0.15) is 21.6 Å². The van der Waals surface area contributed by atoms with Crippen LogP contribution in [0.2, 0.25) is 0 Å². The van der Waals surface area contributed by atoms with Gasteiger partial charge in [0, 0.05) is 48.7 Å². The summed E-state index contributed by atoms with van der Waals surface area (Å²) < 4.78 is 0. The maximum absolute atomic E-state index is 12.0. The third-order valence-corrected chi connectivity index (χ3v) is 2.98. The molecule has 1 aliphatic heterocycles. The van der Waals surface area contributed by atoms with Crippen molar-refractivity contribution < 1.29 is 4.79 Å². The Bertz CT molecular complexity index is 563. The Kier molecular flexibility index (Phi) is 2.77. The van der Waals surface area contributed by atoms with Crippen molar-refractivity contribution in [3.8, 4) is 0 Å². The van der Waals surface area contributed by atoms with Gasteiger partial charge in [-0.05, 0) is 12.1 Å². The van der Waals surface area contributed by atoms with Crippen molar-refractivity contribution in [1.82, 2.24) is 20.5 Å². The van der Waals surface area contributed by atoms with E-state index in [0.717, 1.165) is 30.8 Å². The molecule has 0 spiro atoms. The van der Waals surface area contributed by atoms with Crippen LogP contribution in [-0.4, -0.2) is 27.6 Å². The lowest BCUT2D eigenvalue weighted by molar-refractivity contribution is 0.102. The van der Waals surface area contributed by atoms with E-state index in [1.165, 1.54) is 0 Å². The molecule has 6 heteroatoms. The van der Waals surface area contributed by atoms with Crippen LogP contribution >= 0.6 is 0 Å². The Hall–Kier alpha value is -2.21. The molecule has 18 heavy (non-hydrogen) atoms. The summed E-state index contributed by atoms with van der Waals surface area (Å²) in [6.45, 7) is 1.67. The van der Waals surface area contributed by atoms with Crippen LogP contribution in [0, 0.1) is 0 Å². The molecular weight excluding hydrogens is 230 g/mol. The van der Waals surface area contributed by atoms with Crippen molar-refractivity contribution in [2.45, 2.75) is 13.0 Å². The van der Waals surface area contributed by atoms with E-state index in [-0.39, 0.29) is 5.91 Å². The van der Waals surface area contributed by atoms with E-state index in [4.69, 9.17) is 0 Å². The summed E-state index contributed by atoms with van der Waals surface area (Å²) in [7, 11) is 0. The second-order valence-electron chi connectivity index (χ2n) is 4.15. The van der Waals surface area contributed by atoms with Crippen LogP contribution in [-0.2, 0) is 13.0 Å². The predicted molar refractivity (Wildman–Crippen MR) is 66.2 cm³/mol. The van der Waals surface area contributed by atoms with Crippen molar-refractivity contribution in [1.29, 1.82) is 0 Å². The van der Waals surface area contributed by atoms with Crippen LogP contribution < -0.4 is 10.6 Å². The topological polar surface area (TPSA) is 82.7 Å². The molecule has 6 nitrogen and oxygen atoms in total. The first-order valence-electron chi connectivity index (χ1n) is 5.83. The number of hydrogen-bond donors (Lipinski definition) is 3. The minimum atomic E-state index is -0.169. The first kappa shape index (κ1) is 10.9. The maximum atomic E-state index is 12.0. The van der Waals surface area contributed by atoms with Gasteiger partial charge in [-0.2, -0.15) is 5.10 Å². The van der Waals surface area contributed by atoms with E-state index >= 15 is 0 Å². The fourth-order valence-corrected chi connectivity index (χ4v) is 2.01. The molecule has 0 radical (unpaired) electrons. The molecule has 3 N–H and O–H groups in total. The normalized spacial score (nSPS) is 14.0. The van der Waals surface area contributed by atoms with Crippen molar-refractivity contribution in [3.63, 3.8) is 0 Å². The van der Waals surface area contributed by atoms with Crippen LogP contribution in [0.3, 0.4) is 0 Å². The molecule has 0 unspecified atom stereocenters. The molecule has 1 amide bonds. The zero-order valence-electron chi connectivity index (χ0n) is 9.73.